The quantitative estimate of drug-likeness (QED) is 0.835. The van der Waals surface area contributed by atoms with Gasteiger partial charge in [-0.2, -0.15) is 9.57 Å². The third kappa shape index (κ3) is 3.31. The molecule has 1 aliphatic heterocycles. The van der Waals surface area contributed by atoms with Gasteiger partial charge in [0.1, 0.15) is 11.0 Å². The summed E-state index contributed by atoms with van der Waals surface area (Å²) in [6.45, 7) is 0.621. The molecule has 0 aliphatic carbocycles. The molecule has 0 aromatic carbocycles. The summed E-state index contributed by atoms with van der Waals surface area (Å²) >= 11 is 0. The zero-order valence-corrected chi connectivity index (χ0v) is 13.0. The average Bonchev–Trinajstić information content (AvgIpc) is 3.05. The fourth-order valence-electron chi connectivity index (χ4n) is 2.38. The van der Waals surface area contributed by atoms with Gasteiger partial charge in [-0.05, 0) is 24.6 Å². The summed E-state index contributed by atoms with van der Waals surface area (Å²) in [4.78, 5) is 8.07. The third-order valence-electron chi connectivity index (χ3n) is 3.53. The molecular weight excluding hydrogens is 316 g/mol. The van der Waals surface area contributed by atoms with E-state index in [1.54, 1.807) is 12.1 Å². The molecule has 8 heteroatoms. The molecule has 1 saturated heterocycles. The van der Waals surface area contributed by atoms with Gasteiger partial charge in [-0.25, -0.2) is 13.4 Å². The lowest BCUT2D eigenvalue weighted by Crippen LogP contribution is -2.31. The van der Waals surface area contributed by atoms with E-state index >= 15 is 0 Å². The molecule has 23 heavy (non-hydrogen) atoms. The van der Waals surface area contributed by atoms with Crippen molar-refractivity contribution < 1.29 is 13.2 Å². The molecular formula is C15H14N4O3S. The molecule has 118 valence electrons. The van der Waals surface area contributed by atoms with E-state index in [1.807, 2.05) is 6.07 Å². The number of pyridine rings is 2. The van der Waals surface area contributed by atoms with Crippen LogP contribution in [0.1, 0.15) is 12.0 Å². The minimum absolute atomic E-state index is 0.172. The molecule has 0 saturated carbocycles. The van der Waals surface area contributed by atoms with Gasteiger partial charge in [0.2, 0.25) is 15.9 Å². The fraction of sp³-hybridized carbons (Fsp3) is 0.267. The van der Waals surface area contributed by atoms with Crippen molar-refractivity contribution in [3.63, 3.8) is 0 Å². The van der Waals surface area contributed by atoms with E-state index in [9.17, 15) is 8.42 Å². The molecule has 1 fully saturated rings. The van der Waals surface area contributed by atoms with Crippen molar-refractivity contribution in [3.05, 3.63) is 48.4 Å². The number of nitriles is 1. The molecule has 1 atom stereocenters. The molecule has 3 rings (SSSR count). The highest BCUT2D eigenvalue weighted by Crippen LogP contribution is 2.23. The second kappa shape index (κ2) is 6.32. The number of sulfonamides is 1. The van der Waals surface area contributed by atoms with E-state index in [0.29, 0.717) is 24.4 Å². The van der Waals surface area contributed by atoms with Crippen molar-refractivity contribution in [1.82, 2.24) is 14.3 Å². The highest BCUT2D eigenvalue weighted by Gasteiger charge is 2.33. The minimum atomic E-state index is -3.56. The minimum Gasteiger partial charge on any atom is -0.473 e. The third-order valence-corrected chi connectivity index (χ3v) is 5.38. The Balaban J connectivity index is 1.70. The molecule has 2 aromatic rings. The first-order valence-corrected chi connectivity index (χ1v) is 8.46. The maximum Gasteiger partial charge on any atom is 0.244 e. The normalized spacial score (nSPS) is 18.5. The van der Waals surface area contributed by atoms with Crippen molar-refractivity contribution in [2.24, 2.45) is 0 Å². The number of ether oxygens (including phenoxy) is 1. The van der Waals surface area contributed by atoms with Crippen molar-refractivity contribution in [3.8, 4) is 11.9 Å². The molecule has 7 nitrogen and oxygen atoms in total. The molecule has 0 bridgehead atoms. The summed E-state index contributed by atoms with van der Waals surface area (Å²) < 4.78 is 32.1. The summed E-state index contributed by atoms with van der Waals surface area (Å²) in [7, 11) is -3.56. The van der Waals surface area contributed by atoms with Gasteiger partial charge in [0.05, 0.1) is 18.2 Å². The van der Waals surface area contributed by atoms with Crippen LogP contribution in [0.4, 0.5) is 0 Å². The van der Waals surface area contributed by atoms with Gasteiger partial charge in [0.15, 0.2) is 0 Å². The molecule has 0 amide bonds. The van der Waals surface area contributed by atoms with Gasteiger partial charge in [0.25, 0.3) is 0 Å². The first-order valence-electron chi connectivity index (χ1n) is 7.02. The van der Waals surface area contributed by atoms with Crippen molar-refractivity contribution >= 4 is 10.0 Å². The van der Waals surface area contributed by atoms with Crippen molar-refractivity contribution in [2.45, 2.75) is 17.4 Å². The smallest absolute Gasteiger partial charge is 0.244 e. The van der Waals surface area contributed by atoms with E-state index < -0.39 is 10.0 Å². The summed E-state index contributed by atoms with van der Waals surface area (Å²) in [5, 5.41) is 8.87. The Kier molecular flexibility index (Phi) is 4.23. The van der Waals surface area contributed by atoms with E-state index in [4.69, 9.17) is 10.00 Å². The maximum atomic E-state index is 12.5. The molecule has 2 aromatic heterocycles. The predicted molar refractivity (Wildman–Crippen MR) is 81.0 cm³/mol. The standard InChI is InChI=1S/C15H14N4O3S/c16-9-12-3-6-18-15(8-12)22-13-4-7-19(11-13)23(20,21)14-2-1-5-17-10-14/h1-3,5-6,8,10,13H,4,7,11H2. The van der Waals surface area contributed by atoms with Gasteiger partial charge in [-0.15, -0.1) is 0 Å². The summed E-state index contributed by atoms with van der Waals surface area (Å²) in [5.74, 6) is 0.328. The lowest BCUT2D eigenvalue weighted by molar-refractivity contribution is 0.207. The maximum absolute atomic E-state index is 12.5. The van der Waals surface area contributed by atoms with Crippen LogP contribution in [-0.2, 0) is 10.0 Å². The number of aromatic nitrogens is 2. The van der Waals surface area contributed by atoms with Crippen LogP contribution in [0.2, 0.25) is 0 Å². The van der Waals surface area contributed by atoms with E-state index in [-0.39, 0.29) is 17.5 Å². The topological polar surface area (TPSA) is 96.2 Å². The Morgan fingerprint density at radius 3 is 2.96 bits per heavy atom. The van der Waals surface area contributed by atoms with Crippen LogP contribution in [0.3, 0.4) is 0 Å². The molecule has 0 N–H and O–H groups in total. The number of rotatable bonds is 4. The Bertz CT molecular complexity index is 833. The van der Waals surface area contributed by atoms with Crippen molar-refractivity contribution in [2.75, 3.05) is 13.1 Å². The van der Waals surface area contributed by atoms with Crippen LogP contribution >= 0.6 is 0 Å². The number of hydrogen-bond acceptors (Lipinski definition) is 6. The SMILES string of the molecule is N#Cc1ccnc(OC2CCN(S(=O)(=O)c3cccnc3)C2)c1. The second-order valence-corrected chi connectivity index (χ2v) is 7.01. The van der Waals surface area contributed by atoms with Crippen LogP contribution in [0.5, 0.6) is 5.88 Å². The van der Waals surface area contributed by atoms with E-state index in [1.165, 1.54) is 35.0 Å². The van der Waals surface area contributed by atoms with Gasteiger partial charge in [-0.3, -0.25) is 4.98 Å². The van der Waals surface area contributed by atoms with Gasteiger partial charge in [0, 0.05) is 31.2 Å². The van der Waals surface area contributed by atoms with Crippen molar-refractivity contribution in [1.29, 1.82) is 5.26 Å². The van der Waals surface area contributed by atoms with Gasteiger partial charge >= 0.3 is 0 Å². The number of hydrogen-bond donors (Lipinski definition) is 0. The van der Waals surface area contributed by atoms with Crippen LogP contribution in [-0.4, -0.2) is 41.9 Å². The Morgan fingerprint density at radius 1 is 1.35 bits per heavy atom. The molecule has 1 aliphatic rings. The average molecular weight is 330 g/mol. The monoisotopic (exact) mass is 330 g/mol. The molecule has 1 unspecified atom stereocenters. The predicted octanol–water partition coefficient (Wildman–Crippen LogP) is 1.19. The Hall–Kier alpha value is -2.50. The highest BCUT2D eigenvalue weighted by molar-refractivity contribution is 7.89. The fourth-order valence-corrected chi connectivity index (χ4v) is 3.83. The lowest BCUT2D eigenvalue weighted by atomic mass is 10.3. The largest absolute Gasteiger partial charge is 0.473 e. The lowest BCUT2D eigenvalue weighted by Gasteiger charge is -2.16. The van der Waals surface area contributed by atoms with E-state index in [2.05, 4.69) is 9.97 Å². The van der Waals surface area contributed by atoms with Gasteiger partial charge < -0.3 is 4.74 Å². The molecule has 3 heterocycles. The Labute approximate surface area is 134 Å². The summed E-state index contributed by atoms with van der Waals surface area (Å²) in [6, 6.07) is 8.25. The number of nitrogens with zero attached hydrogens (tertiary/aromatic N) is 4. The summed E-state index contributed by atoms with van der Waals surface area (Å²) in [6.07, 6.45) is 4.64. The van der Waals surface area contributed by atoms with Crippen LogP contribution in [0.15, 0.2) is 47.8 Å². The zero-order chi connectivity index (χ0) is 16.3. The summed E-state index contributed by atoms with van der Waals surface area (Å²) in [5.41, 5.74) is 0.452. The van der Waals surface area contributed by atoms with Crippen LogP contribution in [0, 0.1) is 11.3 Å². The van der Waals surface area contributed by atoms with Crippen LogP contribution < -0.4 is 4.74 Å². The highest BCUT2D eigenvalue weighted by atomic mass is 32.2. The van der Waals surface area contributed by atoms with E-state index in [0.717, 1.165) is 0 Å². The first kappa shape index (κ1) is 15.4. The zero-order valence-electron chi connectivity index (χ0n) is 12.2. The second-order valence-electron chi connectivity index (χ2n) is 5.07. The van der Waals surface area contributed by atoms with Crippen LogP contribution in [0.25, 0.3) is 0 Å². The molecule has 0 radical (unpaired) electrons. The van der Waals surface area contributed by atoms with Gasteiger partial charge in [-0.1, -0.05) is 0 Å². The first-order chi connectivity index (χ1) is 11.1. The molecule has 0 spiro atoms. The Morgan fingerprint density at radius 2 is 2.22 bits per heavy atom.